The molecule has 1 aliphatic rings. The van der Waals surface area contributed by atoms with Crippen LogP contribution in [0.1, 0.15) is 16.8 Å². The Morgan fingerprint density at radius 1 is 1.20 bits per heavy atom. The van der Waals surface area contributed by atoms with E-state index in [9.17, 15) is 29.7 Å². The summed E-state index contributed by atoms with van der Waals surface area (Å²) < 4.78 is 9.99. The molecule has 4 N–H and O–H groups in total. The van der Waals surface area contributed by atoms with E-state index in [1.54, 1.807) is 0 Å². The molecule has 0 aliphatic heterocycles. The van der Waals surface area contributed by atoms with Crippen molar-refractivity contribution in [2.24, 2.45) is 5.92 Å². The second kappa shape index (κ2) is 11.6. The number of hydrogen-bond acceptors (Lipinski definition) is 8. The van der Waals surface area contributed by atoms with Gasteiger partial charge in [-0.1, -0.05) is 6.08 Å². The average molecular weight is 428 g/mol. The van der Waals surface area contributed by atoms with Crippen molar-refractivity contribution in [1.29, 1.82) is 0 Å². The molecule has 2 atom stereocenters. The molecule has 0 amide bonds. The predicted molar refractivity (Wildman–Crippen MR) is 107 cm³/mol. The van der Waals surface area contributed by atoms with Crippen LogP contribution in [-0.2, 0) is 14.3 Å². The number of allylic oxidation sites excluding steroid dienone is 2. The molecule has 156 valence electrons. The second-order valence-corrected chi connectivity index (χ2v) is 6.16. The molecule has 30 heavy (non-hydrogen) atoms. The fourth-order valence-corrected chi connectivity index (χ4v) is 2.55. The van der Waals surface area contributed by atoms with Gasteiger partial charge in [0, 0.05) is 11.6 Å². The van der Waals surface area contributed by atoms with Crippen molar-refractivity contribution in [2.75, 3.05) is 13.7 Å². The molecule has 0 heterocycles. The molecule has 0 aromatic heterocycles. The molecule has 2 rings (SSSR count). The Morgan fingerprint density at radius 3 is 2.47 bits per heavy atom. The maximum atomic E-state index is 12.2. The first kappa shape index (κ1) is 25.4. The number of aliphatic carboxylic acids is 1. The van der Waals surface area contributed by atoms with Gasteiger partial charge in [-0.15, -0.1) is 0 Å². The number of phenolic OH excluding ortho intramolecular Hbond substituents is 1. The Labute approximate surface area is 194 Å². The van der Waals surface area contributed by atoms with Crippen molar-refractivity contribution in [1.82, 2.24) is 0 Å². The third kappa shape index (κ3) is 7.03. The van der Waals surface area contributed by atoms with Gasteiger partial charge >= 0.3 is 35.5 Å². The van der Waals surface area contributed by atoms with E-state index in [0.29, 0.717) is 0 Å². The molecule has 0 spiro atoms. The summed E-state index contributed by atoms with van der Waals surface area (Å²) in [6, 6.07) is 4.12. The van der Waals surface area contributed by atoms with Gasteiger partial charge in [0.2, 0.25) is 0 Å². The number of ketones is 2. The number of carbonyl (C=O) groups is 3. The van der Waals surface area contributed by atoms with Crippen LogP contribution in [-0.4, -0.2) is 87.3 Å². The average Bonchev–Trinajstić information content (AvgIpc) is 2.65. The number of carboxylic acids is 1. The second-order valence-electron chi connectivity index (χ2n) is 6.16. The van der Waals surface area contributed by atoms with E-state index < -0.39 is 42.6 Å². The van der Waals surface area contributed by atoms with Gasteiger partial charge in [0.1, 0.15) is 24.5 Å². The van der Waals surface area contributed by atoms with Crippen LogP contribution in [0.15, 0.2) is 54.0 Å². The Morgan fingerprint density at radius 2 is 1.90 bits per heavy atom. The number of methoxy groups -OCH3 is 1. The third-order valence-corrected chi connectivity index (χ3v) is 4.00. The molecule has 10 heteroatoms. The third-order valence-electron chi connectivity index (χ3n) is 4.00. The van der Waals surface area contributed by atoms with Crippen molar-refractivity contribution >= 4 is 47.1 Å². The first-order chi connectivity index (χ1) is 13.7. The maximum absolute atomic E-state index is 12.2. The van der Waals surface area contributed by atoms with Crippen LogP contribution in [0.3, 0.4) is 0 Å². The van der Waals surface area contributed by atoms with E-state index in [1.165, 1.54) is 43.5 Å². The van der Waals surface area contributed by atoms with Gasteiger partial charge in [-0.25, -0.2) is 0 Å². The number of aliphatic hydroxyl groups excluding tert-OH is 2. The molecule has 0 bridgehead atoms. The number of benzene rings is 1. The number of Topliss-reactive ketones (excluding diaryl/α,β-unsaturated/α-hetero) is 1. The molecule has 9 nitrogen and oxygen atoms in total. The van der Waals surface area contributed by atoms with Gasteiger partial charge in [-0.2, -0.15) is 0 Å². The molecule has 0 fully saturated rings. The quantitative estimate of drug-likeness (QED) is 0.194. The number of aromatic hydroxyl groups is 1. The molecule has 1 aromatic rings. The van der Waals surface area contributed by atoms with Gasteiger partial charge in [0.15, 0.2) is 23.1 Å². The number of aliphatic hydroxyl groups is 2. The fourth-order valence-electron chi connectivity index (χ4n) is 2.55. The van der Waals surface area contributed by atoms with Crippen molar-refractivity contribution in [2.45, 2.75) is 12.5 Å². The SMILES string of the molecule is COc1ccc(C(=O)C=CC2C(O)=CC(OCC(=O)CC(=O)O)=CC2O)cc1O.[NaH]. The summed E-state index contributed by atoms with van der Waals surface area (Å²) in [6.07, 6.45) is 2.90. The first-order valence-electron chi connectivity index (χ1n) is 8.47. The fraction of sp³-hybridized carbons (Fsp3) is 0.250. The summed E-state index contributed by atoms with van der Waals surface area (Å²) in [6.45, 7) is -0.519. The summed E-state index contributed by atoms with van der Waals surface area (Å²) >= 11 is 0. The molecule has 2 unspecified atom stereocenters. The molecule has 1 aliphatic carbocycles. The minimum atomic E-state index is -1.28. The van der Waals surface area contributed by atoms with Crippen LogP contribution in [0.25, 0.3) is 0 Å². The Bertz CT molecular complexity index is 902. The normalized spacial score (nSPS) is 18.1. The summed E-state index contributed by atoms with van der Waals surface area (Å²) in [7, 11) is 1.38. The summed E-state index contributed by atoms with van der Waals surface area (Å²) in [5.41, 5.74) is 0.185. The first-order valence-corrected chi connectivity index (χ1v) is 8.47. The minimum absolute atomic E-state index is 0. The summed E-state index contributed by atoms with van der Waals surface area (Å²) in [5, 5.41) is 38.5. The molecular weight excluding hydrogens is 407 g/mol. The molecule has 0 saturated heterocycles. The van der Waals surface area contributed by atoms with Gasteiger partial charge in [-0.05, 0) is 30.4 Å². The topological polar surface area (TPSA) is 151 Å². The number of ether oxygens (including phenoxy) is 2. The van der Waals surface area contributed by atoms with Gasteiger partial charge < -0.3 is 29.9 Å². The molecule has 0 radical (unpaired) electrons. The van der Waals surface area contributed by atoms with Gasteiger partial charge in [0.25, 0.3) is 0 Å². The monoisotopic (exact) mass is 428 g/mol. The van der Waals surface area contributed by atoms with E-state index in [1.807, 2.05) is 0 Å². The number of hydrogen-bond donors (Lipinski definition) is 4. The Hall–Kier alpha value is -2.59. The van der Waals surface area contributed by atoms with Crippen molar-refractivity contribution < 1.29 is 44.3 Å². The van der Waals surface area contributed by atoms with Crippen molar-refractivity contribution in [3.8, 4) is 11.5 Å². The van der Waals surface area contributed by atoms with Crippen LogP contribution < -0.4 is 4.74 Å². The number of carbonyl (C=O) groups excluding carboxylic acids is 2. The summed E-state index contributed by atoms with van der Waals surface area (Å²) in [5.74, 6) is -3.62. The van der Waals surface area contributed by atoms with E-state index in [2.05, 4.69) is 0 Å². The van der Waals surface area contributed by atoms with Crippen LogP contribution in [0.5, 0.6) is 11.5 Å². The van der Waals surface area contributed by atoms with Crippen LogP contribution in [0.4, 0.5) is 0 Å². The van der Waals surface area contributed by atoms with Crippen molar-refractivity contribution in [3.63, 3.8) is 0 Å². The zero-order valence-electron chi connectivity index (χ0n) is 15.4. The van der Waals surface area contributed by atoms with Gasteiger partial charge in [-0.3, -0.25) is 14.4 Å². The van der Waals surface area contributed by atoms with Crippen molar-refractivity contribution in [3.05, 3.63) is 59.6 Å². The predicted octanol–water partition coefficient (Wildman–Crippen LogP) is 0.868. The van der Waals surface area contributed by atoms with Crippen LogP contribution in [0.2, 0.25) is 0 Å². The zero-order chi connectivity index (χ0) is 21.6. The number of rotatable bonds is 9. The molecule has 1 aromatic carbocycles. The number of phenols is 1. The number of carboxylic acid groups (broad SMARTS) is 1. The zero-order valence-corrected chi connectivity index (χ0v) is 15.4. The molecule has 0 saturated carbocycles. The van der Waals surface area contributed by atoms with Crippen LogP contribution >= 0.6 is 0 Å². The Balaban J connectivity index is 0.00000450. The Kier molecular flexibility index (Phi) is 9.80. The van der Waals surface area contributed by atoms with E-state index in [4.69, 9.17) is 14.6 Å². The molecular formula is C20H21NaO9. The van der Waals surface area contributed by atoms with E-state index in [-0.39, 0.29) is 58.1 Å². The summed E-state index contributed by atoms with van der Waals surface area (Å²) in [4.78, 5) is 34.0. The van der Waals surface area contributed by atoms with Crippen LogP contribution in [0, 0.1) is 5.92 Å². The van der Waals surface area contributed by atoms with E-state index in [0.717, 1.165) is 6.08 Å². The van der Waals surface area contributed by atoms with Gasteiger partial charge in [0.05, 0.1) is 19.1 Å². The standard InChI is InChI=1S/C20H20O9.Na.H/c1-28-19-5-2-11(6-18(19)25)15(22)4-3-14-16(23)8-13(9-17(14)24)29-10-12(21)7-20(26)27;;/h2-6,8-9,14,16,23-25H,7,10H2,1H3,(H,26,27);;. The van der Waals surface area contributed by atoms with E-state index >= 15 is 0 Å².